The van der Waals surface area contributed by atoms with Gasteiger partial charge in [-0.05, 0) is 56.2 Å². The molecule has 1 unspecified atom stereocenters. The lowest BCUT2D eigenvalue weighted by atomic mass is 9.82. The molecule has 2 N–H and O–H groups in total. The van der Waals surface area contributed by atoms with Gasteiger partial charge in [-0.3, -0.25) is 19.2 Å². The van der Waals surface area contributed by atoms with Gasteiger partial charge in [-0.25, -0.2) is 4.68 Å². The molecule has 0 saturated carbocycles. The van der Waals surface area contributed by atoms with Crippen LogP contribution in [0.1, 0.15) is 25.5 Å². The number of para-hydroxylation sites is 1. The van der Waals surface area contributed by atoms with Crippen LogP contribution in [0.3, 0.4) is 0 Å². The zero-order valence-electron chi connectivity index (χ0n) is 19.7. The van der Waals surface area contributed by atoms with Crippen LogP contribution < -0.4 is 16.2 Å². The van der Waals surface area contributed by atoms with Gasteiger partial charge in [0.15, 0.2) is 5.78 Å². The zero-order chi connectivity index (χ0) is 24.7. The van der Waals surface area contributed by atoms with Crippen molar-refractivity contribution in [3.8, 4) is 5.69 Å². The molecule has 1 spiro atoms. The van der Waals surface area contributed by atoms with E-state index in [0.717, 1.165) is 17.1 Å². The molecule has 0 aliphatic carbocycles. The zero-order valence-corrected chi connectivity index (χ0v) is 21.2. The molecule has 2 aliphatic rings. The Balaban J connectivity index is 1.39. The smallest absolute Gasteiger partial charge is 0.290 e. The van der Waals surface area contributed by atoms with Crippen molar-refractivity contribution in [3.63, 3.8) is 0 Å². The average molecular weight is 514 g/mol. The maximum atomic E-state index is 13.2. The number of halogens is 2. The summed E-state index contributed by atoms with van der Waals surface area (Å²) < 4.78 is 3.53. The molecule has 2 saturated heterocycles. The van der Waals surface area contributed by atoms with Crippen molar-refractivity contribution >= 4 is 34.7 Å². The Morgan fingerprint density at radius 1 is 0.971 bits per heavy atom. The number of carbonyl (C=O) groups excluding carboxylic acids is 1. The van der Waals surface area contributed by atoms with Gasteiger partial charge in [0.05, 0.1) is 17.4 Å². The van der Waals surface area contributed by atoms with E-state index in [1.54, 1.807) is 16.8 Å². The molecule has 184 valence electrons. The molecule has 3 heterocycles. The van der Waals surface area contributed by atoms with Gasteiger partial charge in [-0.2, -0.15) is 0 Å². The number of nitrogens with zero attached hydrogens (tertiary/aromatic N) is 4. The summed E-state index contributed by atoms with van der Waals surface area (Å²) in [7, 11) is 0. The largest absolute Gasteiger partial charge is 0.357 e. The van der Waals surface area contributed by atoms with E-state index in [9.17, 15) is 9.59 Å². The van der Waals surface area contributed by atoms with E-state index < -0.39 is 11.6 Å². The van der Waals surface area contributed by atoms with Crippen LogP contribution in [-0.4, -0.2) is 51.3 Å². The normalized spacial score (nSPS) is 20.2. The maximum absolute atomic E-state index is 13.2. The molecule has 1 atom stereocenters. The molecule has 3 aromatic rings. The van der Waals surface area contributed by atoms with Gasteiger partial charge >= 0.3 is 0 Å². The molecule has 7 nitrogen and oxygen atoms in total. The van der Waals surface area contributed by atoms with Gasteiger partial charge in [0.1, 0.15) is 10.6 Å². The van der Waals surface area contributed by atoms with Gasteiger partial charge in [0.25, 0.3) is 5.56 Å². The first-order valence-electron chi connectivity index (χ1n) is 12.0. The number of Topliss-reactive ketones (excluding diaryl/α,β-unsaturated/α-hetero) is 1. The molecule has 2 aliphatic heterocycles. The third kappa shape index (κ3) is 4.10. The van der Waals surface area contributed by atoms with Crippen LogP contribution in [0, 0.1) is 0 Å². The van der Waals surface area contributed by atoms with E-state index in [2.05, 4.69) is 9.80 Å². The minimum absolute atomic E-state index is 0.124. The summed E-state index contributed by atoms with van der Waals surface area (Å²) in [5.74, 6) is 0.124. The number of anilines is 1. The highest BCUT2D eigenvalue weighted by Gasteiger charge is 2.53. The highest BCUT2D eigenvalue weighted by atomic mass is 35.5. The molecule has 35 heavy (non-hydrogen) atoms. The van der Waals surface area contributed by atoms with E-state index in [-0.39, 0.29) is 16.4 Å². The van der Waals surface area contributed by atoms with E-state index >= 15 is 0 Å². The lowest BCUT2D eigenvalue weighted by molar-refractivity contribution is -0.124. The molecule has 0 bridgehead atoms. The van der Waals surface area contributed by atoms with Crippen LogP contribution in [-0.2, 0) is 17.9 Å². The third-order valence-electron chi connectivity index (χ3n) is 7.37. The van der Waals surface area contributed by atoms with E-state index in [4.69, 9.17) is 28.9 Å². The van der Waals surface area contributed by atoms with Crippen molar-refractivity contribution in [2.75, 3.05) is 24.5 Å². The first-order chi connectivity index (χ1) is 16.9. The second-order valence-electron chi connectivity index (χ2n) is 9.29. The number of likely N-dealkylation sites (tertiary alicyclic amines) is 1. The highest BCUT2D eigenvalue weighted by Crippen LogP contribution is 2.39. The minimum atomic E-state index is -0.583. The Kier molecular flexibility index (Phi) is 6.53. The number of hydrogen-bond acceptors (Lipinski definition) is 5. The number of carbonyl (C=O) groups is 1. The first-order valence-corrected chi connectivity index (χ1v) is 12.7. The molecule has 5 rings (SSSR count). The predicted octanol–water partition coefficient (Wildman–Crippen LogP) is 3.72. The fourth-order valence-corrected chi connectivity index (χ4v) is 5.95. The van der Waals surface area contributed by atoms with Crippen LogP contribution in [0.4, 0.5) is 5.69 Å². The Hall–Kier alpha value is -2.58. The molecule has 2 aromatic carbocycles. The summed E-state index contributed by atoms with van der Waals surface area (Å²) in [6.45, 7) is 5.07. The number of piperidine rings is 1. The Bertz CT molecular complexity index is 1280. The lowest BCUT2D eigenvalue weighted by Crippen LogP contribution is -2.56. The quantitative estimate of drug-likeness (QED) is 0.562. The molecule has 0 amide bonds. The second kappa shape index (κ2) is 9.47. The Morgan fingerprint density at radius 3 is 2.26 bits per heavy atom. The molecule has 0 radical (unpaired) electrons. The third-order valence-corrected chi connectivity index (χ3v) is 8.00. The van der Waals surface area contributed by atoms with E-state index in [1.165, 1.54) is 0 Å². The molecular formula is C26H29Cl2N5O2. The minimum Gasteiger partial charge on any atom is -0.357 e. The lowest BCUT2D eigenvalue weighted by Gasteiger charge is -2.44. The Labute approximate surface area is 214 Å². The van der Waals surface area contributed by atoms with Crippen molar-refractivity contribution in [1.29, 1.82) is 0 Å². The number of aromatic nitrogens is 2. The topological polar surface area (TPSA) is 76.5 Å². The number of ketones is 1. The maximum Gasteiger partial charge on any atom is 0.290 e. The second-order valence-corrected chi connectivity index (χ2v) is 10.1. The fourth-order valence-electron chi connectivity index (χ4n) is 5.58. The summed E-state index contributed by atoms with van der Waals surface area (Å²) in [6, 6.07) is 16.7. The monoisotopic (exact) mass is 513 g/mol. The molecule has 2 fully saturated rings. The first kappa shape index (κ1) is 24.1. The van der Waals surface area contributed by atoms with Crippen molar-refractivity contribution in [2.45, 2.75) is 44.4 Å². The van der Waals surface area contributed by atoms with Gasteiger partial charge < -0.3 is 10.6 Å². The number of nitrogens with two attached hydrogens (primary N) is 1. The van der Waals surface area contributed by atoms with Crippen molar-refractivity contribution in [2.24, 2.45) is 5.73 Å². The van der Waals surface area contributed by atoms with Gasteiger partial charge in [-0.15, -0.1) is 0 Å². The summed E-state index contributed by atoms with van der Waals surface area (Å²) in [5.41, 5.74) is 7.94. The van der Waals surface area contributed by atoms with Crippen molar-refractivity contribution in [3.05, 3.63) is 80.7 Å². The van der Waals surface area contributed by atoms with E-state index in [1.807, 2.05) is 54.1 Å². The van der Waals surface area contributed by atoms with Crippen LogP contribution in [0.2, 0.25) is 10.0 Å². The van der Waals surface area contributed by atoms with Crippen molar-refractivity contribution in [1.82, 2.24) is 14.3 Å². The fraction of sp³-hybridized carbons (Fsp3) is 0.385. The summed E-state index contributed by atoms with van der Waals surface area (Å²) in [5, 5.41) is 0.836. The molecule has 1 aromatic heterocycles. The van der Waals surface area contributed by atoms with Gasteiger partial charge in [0.2, 0.25) is 0 Å². The highest BCUT2D eigenvalue weighted by molar-refractivity contribution is 6.31. The van der Waals surface area contributed by atoms with E-state index in [0.29, 0.717) is 50.6 Å². The number of hydrogen-bond donors (Lipinski definition) is 1. The average Bonchev–Trinajstić information content (AvgIpc) is 3.26. The number of benzene rings is 2. The van der Waals surface area contributed by atoms with Crippen molar-refractivity contribution < 1.29 is 4.79 Å². The van der Waals surface area contributed by atoms with Crippen LogP contribution >= 0.6 is 23.2 Å². The predicted molar refractivity (Wildman–Crippen MR) is 140 cm³/mol. The molecule has 9 heteroatoms. The summed E-state index contributed by atoms with van der Waals surface area (Å²) >= 11 is 12.6. The summed E-state index contributed by atoms with van der Waals surface area (Å²) in [4.78, 5) is 30.8. The van der Waals surface area contributed by atoms with Gasteiger partial charge in [0, 0.05) is 43.4 Å². The van der Waals surface area contributed by atoms with Crippen LogP contribution in [0.15, 0.2) is 59.4 Å². The van der Waals surface area contributed by atoms with Gasteiger partial charge in [-0.1, -0.05) is 41.4 Å². The standard InChI is InChI=1S/C26H29Cl2N5O2/c1-2-32-22(23(28)25(35)33(32)20-10-8-18(27)9-11-20)17-30-14-12-26(13-15-30)24(34)21(29)16-31(26)19-6-4-3-5-7-19/h3-11,21H,2,12-17,29H2,1H3. The SMILES string of the molecule is CCn1c(CN2CCC3(CC2)C(=O)C(N)CN3c2ccccc2)c(Cl)c(=O)n1-c1ccc(Cl)cc1. The Morgan fingerprint density at radius 2 is 1.63 bits per heavy atom. The number of rotatable bonds is 5. The summed E-state index contributed by atoms with van der Waals surface area (Å²) in [6.07, 6.45) is 1.36. The van der Waals surface area contributed by atoms with Crippen LogP contribution in [0.25, 0.3) is 5.69 Å². The van der Waals surface area contributed by atoms with Crippen LogP contribution in [0.5, 0.6) is 0 Å². The molecular weight excluding hydrogens is 485 g/mol.